The first-order valence-corrected chi connectivity index (χ1v) is 7.76. The van der Waals surface area contributed by atoms with Crippen LogP contribution in [0.15, 0.2) is 15.2 Å². The van der Waals surface area contributed by atoms with Gasteiger partial charge in [-0.2, -0.15) is 0 Å². The standard InChI is InChI=1S/C14H21BrN2O3/c1-3-11(9-18)16-4-6-17(7-5-16)14(19)13-10(2)8-12(15)20-13/h8,11,18H,3-7,9H2,1-2H3. The van der Waals surface area contributed by atoms with Crippen molar-refractivity contribution in [2.45, 2.75) is 26.3 Å². The van der Waals surface area contributed by atoms with E-state index in [4.69, 9.17) is 4.42 Å². The molecule has 6 heteroatoms. The Hall–Kier alpha value is -0.850. The number of piperazine rings is 1. The molecule has 1 amide bonds. The van der Waals surface area contributed by atoms with Crippen LogP contribution in [0, 0.1) is 6.92 Å². The highest BCUT2D eigenvalue weighted by molar-refractivity contribution is 9.10. The summed E-state index contributed by atoms with van der Waals surface area (Å²) < 4.78 is 6.00. The summed E-state index contributed by atoms with van der Waals surface area (Å²) in [6.45, 7) is 7.06. The van der Waals surface area contributed by atoms with Gasteiger partial charge in [-0.25, -0.2) is 0 Å². The Bertz CT molecular complexity index is 463. The summed E-state index contributed by atoms with van der Waals surface area (Å²) in [6, 6.07) is 2.01. The molecule has 20 heavy (non-hydrogen) atoms. The molecule has 2 heterocycles. The van der Waals surface area contributed by atoms with E-state index >= 15 is 0 Å². The van der Waals surface area contributed by atoms with Gasteiger partial charge in [-0.1, -0.05) is 6.92 Å². The molecule has 5 nitrogen and oxygen atoms in total. The Morgan fingerprint density at radius 2 is 2.10 bits per heavy atom. The third kappa shape index (κ3) is 3.24. The zero-order chi connectivity index (χ0) is 14.7. The summed E-state index contributed by atoms with van der Waals surface area (Å²) in [5.41, 5.74) is 0.853. The smallest absolute Gasteiger partial charge is 0.289 e. The molecule has 0 aliphatic carbocycles. The van der Waals surface area contributed by atoms with Gasteiger partial charge in [0.15, 0.2) is 10.4 Å². The highest BCUT2D eigenvalue weighted by Gasteiger charge is 2.27. The first-order valence-electron chi connectivity index (χ1n) is 6.97. The number of rotatable bonds is 4. The van der Waals surface area contributed by atoms with Crippen LogP contribution in [-0.2, 0) is 0 Å². The number of halogens is 1. The van der Waals surface area contributed by atoms with Gasteiger partial charge in [0.1, 0.15) is 0 Å². The second-order valence-electron chi connectivity index (χ2n) is 5.14. The van der Waals surface area contributed by atoms with E-state index in [0.717, 1.165) is 25.1 Å². The second kappa shape index (κ2) is 6.74. The van der Waals surface area contributed by atoms with Crippen molar-refractivity contribution in [2.24, 2.45) is 0 Å². The number of hydrogen-bond donors (Lipinski definition) is 1. The van der Waals surface area contributed by atoms with Crippen molar-refractivity contribution in [2.75, 3.05) is 32.8 Å². The van der Waals surface area contributed by atoms with E-state index < -0.39 is 0 Å². The minimum Gasteiger partial charge on any atom is -0.444 e. The maximum atomic E-state index is 12.4. The Morgan fingerprint density at radius 1 is 1.45 bits per heavy atom. The van der Waals surface area contributed by atoms with E-state index in [2.05, 4.69) is 27.8 Å². The molecule has 0 aromatic carbocycles. The quantitative estimate of drug-likeness (QED) is 0.905. The molecule has 1 aromatic rings. The van der Waals surface area contributed by atoms with Crippen LogP contribution in [0.4, 0.5) is 0 Å². The Labute approximate surface area is 127 Å². The van der Waals surface area contributed by atoms with Crippen LogP contribution in [0.5, 0.6) is 0 Å². The van der Waals surface area contributed by atoms with Crippen molar-refractivity contribution < 1.29 is 14.3 Å². The van der Waals surface area contributed by atoms with Crippen LogP contribution < -0.4 is 0 Å². The molecule has 2 rings (SSSR count). The van der Waals surface area contributed by atoms with E-state index in [-0.39, 0.29) is 18.6 Å². The average molecular weight is 345 g/mol. The molecule has 1 saturated heterocycles. The summed E-state index contributed by atoms with van der Waals surface area (Å²) in [4.78, 5) is 16.5. The molecule has 1 aliphatic heterocycles. The Kier molecular flexibility index (Phi) is 5.23. The molecule has 1 fully saturated rings. The molecule has 0 saturated carbocycles. The van der Waals surface area contributed by atoms with Crippen molar-refractivity contribution >= 4 is 21.8 Å². The third-order valence-electron chi connectivity index (χ3n) is 3.88. The summed E-state index contributed by atoms with van der Waals surface area (Å²) in [5, 5.41) is 9.33. The maximum Gasteiger partial charge on any atom is 0.289 e. The van der Waals surface area contributed by atoms with Gasteiger partial charge in [-0.05, 0) is 35.3 Å². The fourth-order valence-corrected chi connectivity index (χ4v) is 3.10. The number of amides is 1. The molecule has 1 aromatic heterocycles. The molecule has 0 bridgehead atoms. The fraction of sp³-hybridized carbons (Fsp3) is 0.643. The van der Waals surface area contributed by atoms with Crippen LogP contribution in [-0.4, -0.2) is 59.6 Å². The van der Waals surface area contributed by atoms with Crippen molar-refractivity contribution in [1.82, 2.24) is 9.80 Å². The van der Waals surface area contributed by atoms with Crippen molar-refractivity contribution in [3.8, 4) is 0 Å². The van der Waals surface area contributed by atoms with Crippen molar-refractivity contribution in [3.05, 3.63) is 22.1 Å². The monoisotopic (exact) mass is 344 g/mol. The SMILES string of the molecule is CCC(CO)N1CCN(C(=O)c2oc(Br)cc2C)CC1. The van der Waals surface area contributed by atoms with Gasteiger partial charge in [0.05, 0.1) is 6.61 Å². The van der Waals surface area contributed by atoms with Gasteiger partial charge in [0, 0.05) is 37.8 Å². The van der Waals surface area contributed by atoms with Gasteiger partial charge < -0.3 is 14.4 Å². The summed E-state index contributed by atoms with van der Waals surface area (Å²) >= 11 is 3.25. The molecule has 0 radical (unpaired) electrons. The molecule has 112 valence electrons. The van der Waals surface area contributed by atoms with E-state index in [0.29, 0.717) is 23.5 Å². The Balaban J connectivity index is 1.97. The van der Waals surface area contributed by atoms with E-state index in [1.165, 1.54) is 0 Å². The first-order chi connectivity index (χ1) is 9.56. The van der Waals surface area contributed by atoms with Crippen molar-refractivity contribution in [1.29, 1.82) is 0 Å². The Morgan fingerprint density at radius 3 is 2.55 bits per heavy atom. The van der Waals surface area contributed by atoms with Gasteiger partial charge >= 0.3 is 0 Å². The topological polar surface area (TPSA) is 56.9 Å². The van der Waals surface area contributed by atoms with Crippen LogP contribution in [0.2, 0.25) is 0 Å². The number of hydrogen-bond acceptors (Lipinski definition) is 4. The van der Waals surface area contributed by atoms with Gasteiger partial charge in [0.25, 0.3) is 5.91 Å². The highest BCUT2D eigenvalue weighted by atomic mass is 79.9. The van der Waals surface area contributed by atoms with Crippen LogP contribution >= 0.6 is 15.9 Å². The predicted octanol–water partition coefficient (Wildman–Crippen LogP) is 1.88. The molecule has 0 spiro atoms. The second-order valence-corrected chi connectivity index (χ2v) is 5.92. The number of furan rings is 1. The number of aliphatic hydroxyl groups is 1. The summed E-state index contributed by atoms with van der Waals surface area (Å²) in [6.07, 6.45) is 0.925. The fourth-order valence-electron chi connectivity index (χ4n) is 2.59. The van der Waals surface area contributed by atoms with E-state index in [1.807, 2.05) is 17.9 Å². The van der Waals surface area contributed by atoms with E-state index in [9.17, 15) is 9.90 Å². The van der Waals surface area contributed by atoms with Gasteiger partial charge in [0.2, 0.25) is 0 Å². The molecule has 1 atom stereocenters. The zero-order valence-corrected chi connectivity index (χ0v) is 13.5. The highest BCUT2D eigenvalue weighted by Crippen LogP contribution is 2.21. The lowest BCUT2D eigenvalue weighted by Crippen LogP contribution is -2.52. The normalized spacial score (nSPS) is 18.3. The largest absolute Gasteiger partial charge is 0.444 e. The van der Waals surface area contributed by atoms with Crippen molar-refractivity contribution in [3.63, 3.8) is 0 Å². The summed E-state index contributed by atoms with van der Waals surface area (Å²) in [5.74, 6) is 0.365. The van der Waals surface area contributed by atoms with Gasteiger partial charge in [-0.15, -0.1) is 0 Å². The maximum absolute atomic E-state index is 12.4. The van der Waals surface area contributed by atoms with Crippen LogP contribution in [0.3, 0.4) is 0 Å². The number of carbonyl (C=O) groups excluding carboxylic acids is 1. The van der Waals surface area contributed by atoms with Crippen LogP contribution in [0.1, 0.15) is 29.5 Å². The predicted molar refractivity (Wildman–Crippen MR) is 79.8 cm³/mol. The van der Waals surface area contributed by atoms with E-state index in [1.54, 1.807) is 0 Å². The van der Waals surface area contributed by atoms with Crippen LogP contribution in [0.25, 0.3) is 0 Å². The number of aliphatic hydroxyl groups excluding tert-OH is 1. The van der Waals surface area contributed by atoms with Gasteiger partial charge in [-0.3, -0.25) is 9.69 Å². The summed E-state index contributed by atoms with van der Waals surface area (Å²) in [7, 11) is 0. The lowest BCUT2D eigenvalue weighted by molar-refractivity contribution is 0.0448. The molecule has 1 unspecified atom stereocenters. The molecular formula is C14H21BrN2O3. The number of carbonyl (C=O) groups is 1. The molecular weight excluding hydrogens is 324 g/mol. The third-order valence-corrected chi connectivity index (χ3v) is 4.27. The molecule has 1 aliphatic rings. The average Bonchev–Trinajstić information content (AvgIpc) is 2.79. The molecule has 1 N–H and O–H groups in total. The number of nitrogens with zero attached hydrogens (tertiary/aromatic N) is 2. The first kappa shape index (κ1) is 15.5. The zero-order valence-electron chi connectivity index (χ0n) is 11.9. The lowest BCUT2D eigenvalue weighted by atomic mass is 10.1. The minimum absolute atomic E-state index is 0.0510. The number of aryl methyl sites for hydroxylation is 1. The minimum atomic E-state index is -0.0510. The lowest BCUT2D eigenvalue weighted by Gasteiger charge is -2.38.